The van der Waals surface area contributed by atoms with Crippen molar-refractivity contribution in [1.29, 1.82) is 0 Å². The van der Waals surface area contributed by atoms with Crippen LogP contribution in [0, 0.1) is 5.82 Å². The summed E-state index contributed by atoms with van der Waals surface area (Å²) in [5.74, 6) is -3.81. The number of phenolic OH excluding ortho intramolecular Hbond substituents is 2. The highest BCUT2D eigenvalue weighted by Crippen LogP contribution is 2.39. The highest BCUT2D eigenvalue weighted by Gasteiger charge is 2.23. The Kier molecular flexibility index (Phi) is 5.86. The van der Waals surface area contributed by atoms with Crippen molar-refractivity contribution in [2.75, 3.05) is 24.9 Å². The summed E-state index contributed by atoms with van der Waals surface area (Å²) in [6.07, 6.45) is 0.857. The highest BCUT2D eigenvalue weighted by molar-refractivity contribution is 5.95. The molecule has 10 nitrogen and oxygen atoms in total. The molecule has 0 unspecified atom stereocenters. The molecule has 0 fully saturated rings. The number of rotatable bonds is 5. The number of ether oxygens (including phenoxy) is 2. The Morgan fingerprint density at radius 1 is 0.968 bits per heavy atom. The topological polar surface area (TPSA) is 148 Å². The van der Waals surface area contributed by atoms with Crippen molar-refractivity contribution < 1.29 is 33.7 Å². The van der Waals surface area contributed by atoms with E-state index in [2.05, 4.69) is 19.4 Å². The fourth-order valence-corrected chi connectivity index (χ4v) is 2.81. The van der Waals surface area contributed by atoms with E-state index in [1.807, 2.05) is 0 Å². The molecule has 0 aliphatic heterocycles. The minimum absolute atomic E-state index is 0.113. The van der Waals surface area contributed by atoms with Gasteiger partial charge in [-0.1, -0.05) is 0 Å². The predicted molar refractivity (Wildman–Crippen MR) is 107 cm³/mol. The highest BCUT2D eigenvalue weighted by atomic mass is 19.1. The van der Waals surface area contributed by atoms with E-state index in [0.29, 0.717) is 0 Å². The lowest BCUT2D eigenvalue weighted by Gasteiger charge is -2.25. The maximum atomic E-state index is 14.6. The van der Waals surface area contributed by atoms with Crippen molar-refractivity contribution in [2.24, 2.45) is 0 Å². The first-order valence-electron chi connectivity index (χ1n) is 8.67. The van der Waals surface area contributed by atoms with Gasteiger partial charge in [0.15, 0.2) is 11.6 Å². The Balaban J connectivity index is 2.21. The van der Waals surface area contributed by atoms with Crippen LogP contribution in [0.5, 0.6) is 11.5 Å². The molecule has 0 saturated heterocycles. The molecule has 2 aromatic carbocycles. The van der Waals surface area contributed by atoms with Crippen LogP contribution in [-0.2, 0) is 9.47 Å². The van der Waals surface area contributed by atoms with Gasteiger partial charge in [-0.2, -0.15) is 4.98 Å². The lowest BCUT2D eigenvalue weighted by molar-refractivity contribution is 0.0588. The van der Waals surface area contributed by atoms with Crippen molar-refractivity contribution in [3.8, 4) is 11.5 Å². The van der Waals surface area contributed by atoms with E-state index in [9.17, 15) is 24.2 Å². The number of methoxy groups -OCH3 is 2. The van der Waals surface area contributed by atoms with E-state index in [1.165, 1.54) is 41.3 Å². The molecule has 0 saturated carbocycles. The second-order valence-corrected chi connectivity index (χ2v) is 6.12. The van der Waals surface area contributed by atoms with E-state index in [1.54, 1.807) is 0 Å². The lowest BCUT2D eigenvalue weighted by Crippen LogP contribution is -2.16. The van der Waals surface area contributed by atoms with Gasteiger partial charge in [0.25, 0.3) is 0 Å². The molecule has 0 amide bonds. The molecule has 0 radical (unpaired) electrons. The molecule has 4 N–H and O–H groups in total. The van der Waals surface area contributed by atoms with Crippen molar-refractivity contribution in [3.63, 3.8) is 0 Å². The normalized spacial score (nSPS) is 10.4. The number of phenols is 2. The maximum absolute atomic E-state index is 14.6. The summed E-state index contributed by atoms with van der Waals surface area (Å²) in [6.45, 7) is 0. The SMILES string of the molecule is COC(=O)c1ccc(N(c2ccc(C(=O)OC)c(O)c2)c2nc(N)ncc2F)cc1O. The Labute approximate surface area is 175 Å². The average molecular weight is 428 g/mol. The van der Waals surface area contributed by atoms with Gasteiger partial charge in [0.2, 0.25) is 5.95 Å². The number of aromatic nitrogens is 2. The van der Waals surface area contributed by atoms with Crippen LogP contribution in [-0.4, -0.2) is 46.3 Å². The summed E-state index contributed by atoms with van der Waals surface area (Å²) in [7, 11) is 2.32. The van der Waals surface area contributed by atoms with Crippen LogP contribution in [0.3, 0.4) is 0 Å². The second-order valence-electron chi connectivity index (χ2n) is 6.12. The number of nitrogen functional groups attached to an aromatic ring is 1. The largest absolute Gasteiger partial charge is 0.507 e. The van der Waals surface area contributed by atoms with Crippen LogP contribution in [0.4, 0.5) is 27.5 Å². The number of carbonyl (C=O) groups is 2. The molecular weight excluding hydrogens is 411 g/mol. The van der Waals surface area contributed by atoms with Crippen LogP contribution < -0.4 is 10.6 Å². The Hall–Kier alpha value is -4.41. The van der Waals surface area contributed by atoms with Crippen molar-refractivity contribution in [2.45, 2.75) is 0 Å². The van der Waals surface area contributed by atoms with Crippen LogP contribution in [0.15, 0.2) is 42.6 Å². The Morgan fingerprint density at radius 2 is 1.45 bits per heavy atom. The third-order valence-electron chi connectivity index (χ3n) is 4.25. The predicted octanol–water partition coefficient (Wildman–Crippen LogP) is 2.65. The second kappa shape index (κ2) is 8.53. The molecule has 1 heterocycles. The number of benzene rings is 2. The molecule has 11 heteroatoms. The van der Waals surface area contributed by atoms with Gasteiger partial charge in [-0.15, -0.1) is 0 Å². The molecule has 0 spiro atoms. The third kappa shape index (κ3) is 4.15. The van der Waals surface area contributed by atoms with E-state index < -0.39 is 29.3 Å². The number of carbonyl (C=O) groups excluding carboxylic acids is 2. The minimum Gasteiger partial charge on any atom is -0.507 e. The number of halogens is 1. The zero-order valence-electron chi connectivity index (χ0n) is 16.4. The average Bonchev–Trinajstić information content (AvgIpc) is 2.75. The molecule has 160 valence electrons. The quantitative estimate of drug-likeness (QED) is 0.518. The summed E-state index contributed by atoms with van der Waals surface area (Å²) in [5, 5.41) is 20.5. The molecule has 1 aromatic heterocycles. The summed E-state index contributed by atoms with van der Waals surface area (Å²) in [5.41, 5.74) is 5.70. The van der Waals surface area contributed by atoms with E-state index in [0.717, 1.165) is 20.4 Å². The van der Waals surface area contributed by atoms with Gasteiger partial charge < -0.3 is 25.4 Å². The van der Waals surface area contributed by atoms with Gasteiger partial charge in [0, 0.05) is 12.1 Å². The van der Waals surface area contributed by atoms with Crippen LogP contribution >= 0.6 is 0 Å². The smallest absolute Gasteiger partial charge is 0.341 e. The number of esters is 2. The molecule has 0 aliphatic rings. The molecule has 0 atom stereocenters. The van der Waals surface area contributed by atoms with E-state index >= 15 is 0 Å². The first kappa shape index (κ1) is 21.3. The first-order valence-corrected chi connectivity index (χ1v) is 8.67. The van der Waals surface area contributed by atoms with Gasteiger partial charge in [0.05, 0.1) is 31.8 Å². The van der Waals surface area contributed by atoms with Crippen LogP contribution in [0.1, 0.15) is 20.7 Å². The van der Waals surface area contributed by atoms with Gasteiger partial charge in [-0.3, -0.25) is 4.90 Å². The number of hydrogen-bond donors (Lipinski definition) is 3. The summed E-state index contributed by atoms with van der Waals surface area (Å²) < 4.78 is 23.8. The molecule has 3 rings (SSSR count). The maximum Gasteiger partial charge on any atom is 0.341 e. The lowest BCUT2D eigenvalue weighted by atomic mass is 10.1. The number of nitrogens with zero attached hydrogens (tertiary/aromatic N) is 3. The fraction of sp³-hybridized carbons (Fsp3) is 0.100. The Bertz CT molecular complexity index is 1100. The summed E-state index contributed by atoms with van der Waals surface area (Å²) in [4.78, 5) is 32.2. The van der Waals surface area contributed by atoms with Gasteiger partial charge in [-0.05, 0) is 24.3 Å². The van der Waals surface area contributed by atoms with Crippen LogP contribution in [0.25, 0.3) is 0 Å². The molecule has 31 heavy (non-hydrogen) atoms. The first-order chi connectivity index (χ1) is 14.8. The Morgan fingerprint density at radius 3 is 1.87 bits per heavy atom. The zero-order valence-corrected chi connectivity index (χ0v) is 16.4. The van der Waals surface area contributed by atoms with Gasteiger partial charge in [-0.25, -0.2) is 19.0 Å². The number of anilines is 4. The fourth-order valence-electron chi connectivity index (χ4n) is 2.81. The van der Waals surface area contributed by atoms with E-state index in [-0.39, 0.29) is 34.3 Å². The summed E-state index contributed by atoms with van der Waals surface area (Å²) >= 11 is 0. The standard InChI is InChI=1S/C20H17FN4O6/c1-30-18(28)12-5-3-10(7-15(12)26)25(17-14(21)9-23-20(22)24-17)11-4-6-13(16(27)8-11)19(29)31-2/h3-9,26-27H,1-2H3,(H2,22,23,24). The van der Waals surface area contributed by atoms with Gasteiger partial charge in [0.1, 0.15) is 22.6 Å². The van der Waals surface area contributed by atoms with Crippen LogP contribution in [0.2, 0.25) is 0 Å². The minimum atomic E-state index is -0.859. The molecule has 3 aromatic rings. The molecule has 0 aliphatic carbocycles. The third-order valence-corrected chi connectivity index (χ3v) is 4.25. The molecule has 0 bridgehead atoms. The van der Waals surface area contributed by atoms with E-state index in [4.69, 9.17) is 5.73 Å². The summed E-state index contributed by atoms with van der Waals surface area (Å²) in [6, 6.07) is 7.69. The monoisotopic (exact) mass is 428 g/mol. The number of aromatic hydroxyl groups is 2. The number of nitrogens with two attached hydrogens (primary N) is 1. The van der Waals surface area contributed by atoms with Crippen molar-refractivity contribution in [3.05, 3.63) is 59.5 Å². The van der Waals surface area contributed by atoms with Crippen molar-refractivity contribution in [1.82, 2.24) is 9.97 Å². The molecular formula is C20H17FN4O6. The zero-order chi connectivity index (χ0) is 22.7. The van der Waals surface area contributed by atoms with Gasteiger partial charge >= 0.3 is 11.9 Å². The number of hydrogen-bond acceptors (Lipinski definition) is 10. The van der Waals surface area contributed by atoms with Crippen molar-refractivity contribution >= 4 is 35.1 Å².